The first kappa shape index (κ1) is 10.4. The van der Waals surface area contributed by atoms with Gasteiger partial charge >= 0.3 is 0 Å². The summed E-state index contributed by atoms with van der Waals surface area (Å²) in [4.78, 5) is 0.264. The summed E-state index contributed by atoms with van der Waals surface area (Å²) in [5, 5.41) is 11.6. The molecule has 4 nitrogen and oxygen atoms in total. The van der Waals surface area contributed by atoms with Crippen molar-refractivity contribution in [1.29, 1.82) is 0 Å². The number of hydrogen-bond acceptors (Lipinski definition) is 4. The van der Waals surface area contributed by atoms with E-state index in [-0.39, 0.29) is 10.6 Å². The molecule has 1 fully saturated rings. The van der Waals surface area contributed by atoms with Gasteiger partial charge in [-0.25, -0.2) is 8.42 Å². The third-order valence-electron chi connectivity index (χ3n) is 2.55. The van der Waals surface area contributed by atoms with Gasteiger partial charge in [-0.1, -0.05) is 0 Å². The predicted molar refractivity (Wildman–Crippen MR) is 56.3 cm³/mol. The highest BCUT2D eigenvalue weighted by Gasteiger charge is 2.29. The minimum Gasteiger partial charge on any atom is -0.508 e. The van der Waals surface area contributed by atoms with Crippen molar-refractivity contribution in [3.8, 4) is 5.75 Å². The van der Waals surface area contributed by atoms with E-state index in [4.69, 9.17) is 5.11 Å². The summed E-state index contributed by atoms with van der Waals surface area (Å²) < 4.78 is 24.0. The number of sulfone groups is 1. The van der Waals surface area contributed by atoms with Crippen molar-refractivity contribution in [3.63, 3.8) is 0 Å². The molecule has 1 atom stereocenters. The zero-order valence-corrected chi connectivity index (χ0v) is 9.00. The molecule has 15 heavy (non-hydrogen) atoms. The van der Waals surface area contributed by atoms with E-state index >= 15 is 0 Å². The molecular weight excluding hydrogens is 214 g/mol. The molecule has 0 aromatic heterocycles. The lowest BCUT2D eigenvalue weighted by atomic mass is 10.3. The van der Waals surface area contributed by atoms with Crippen molar-refractivity contribution >= 4 is 9.84 Å². The Bertz CT molecular complexity index is 432. The standard InChI is InChI=1S/C10H13NO3S/c12-8-3-5-9(6-4-8)15(13,14)10-2-1-7-11-10/h3-6,10-12H,1-2,7H2. The molecule has 1 heterocycles. The van der Waals surface area contributed by atoms with E-state index in [1.54, 1.807) is 0 Å². The molecule has 2 N–H and O–H groups in total. The Balaban J connectivity index is 2.32. The van der Waals surface area contributed by atoms with Crippen LogP contribution in [0, 0.1) is 0 Å². The van der Waals surface area contributed by atoms with Crippen LogP contribution in [0.25, 0.3) is 0 Å². The fourth-order valence-electron chi connectivity index (χ4n) is 1.72. The number of phenolic OH excluding ortho intramolecular Hbond substituents is 1. The number of rotatable bonds is 2. The Morgan fingerprint density at radius 1 is 1.27 bits per heavy atom. The summed E-state index contributed by atoms with van der Waals surface area (Å²) in [7, 11) is -3.28. The average Bonchev–Trinajstić information content (AvgIpc) is 2.71. The van der Waals surface area contributed by atoms with Gasteiger partial charge in [0.2, 0.25) is 0 Å². The third-order valence-corrected chi connectivity index (χ3v) is 4.64. The number of phenols is 1. The highest BCUT2D eigenvalue weighted by Crippen LogP contribution is 2.22. The minimum atomic E-state index is -3.28. The summed E-state index contributed by atoms with van der Waals surface area (Å²) in [6, 6.07) is 5.65. The smallest absolute Gasteiger partial charge is 0.194 e. The van der Waals surface area contributed by atoms with Crippen LogP contribution in [0.2, 0.25) is 0 Å². The van der Waals surface area contributed by atoms with Gasteiger partial charge in [-0.3, -0.25) is 0 Å². The molecule has 5 heteroatoms. The summed E-state index contributed by atoms with van der Waals surface area (Å²) in [5.74, 6) is 0.0772. The molecule has 0 saturated carbocycles. The molecule has 0 aliphatic carbocycles. The van der Waals surface area contributed by atoms with Crippen molar-refractivity contribution in [2.24, 2.45) is 0 Å². The Labute approximate surface area is 88.9 Å². The highest BCUT2D eigenvalue weighted by atomic mass is 32.2. The minimum absolute atomic E-state index is 0.0772. The van der Waals surface area contributed by atoms with Crippen LogP contribution in [0.3, 0.4) is 0 Å². The molecule has 2 rings (SSSR count). The van der Waals surface area contributed by atoms with Gasteiger partial charge in [0, 0.05) is 0 Å². The lowest BCUT2D eigenvalue weighted by molar-refractivity contribution is 0.474. The molecule has 0 amide bonds. The van der Waals surface area contributed by atoms with Gasteiger partial charge in [0.15, 0.2) is 9.84 Å². The van der Waals surface area contributed by atoms with Crippen LogP contribution in [0.1, 0.15) is 12.8 Å². The molecule has 1 aliphatic rings. The molecule has 1 aromatic carbocycles. The second kappa shape index (κ2) is 3.83. The van der Waals surface area contributed by atoms with E-state index in [0.29, 0.717) is 6.42 Å². The van der Waals surface area contributed by atoms with Crippen molar-refractivity contribution in [1.82, 2.24) is 5.32 Å². The van der Waals surface area contributed by atoms with Gasteiger partial charge in [0.05, 0.1) is 4.90 Å². The van der Waals surface area contributed by atoms with Gasteiger partial charge < -0.3 is 10.4 Å². The van der Waals surface area contributed by atoms with E-state index in [1.807, 2.05) is 0 Å². The van der Waals surface area contributed by atoms with Gasteiger partial charge in [-0.05, 0) is 43.7 Å². The van der Waals surface area contributed by atoms with Gasteiger partial charge in [-0.2, -0.15) is 0 Å². The fourth-order valence-corrected chi connectivity index (χ4v) is 3.38. The predicted octanol–water partition coefficient (Wildman–Crippen LogP) is 0.875. The highest BCUT2D eigenvalue weighted by molar-refractivity contribution is 7.92. The molecule has 0 radical (unpaired) electrons. The zero-order valence-electron chi connectivity index (χ0n) is 8.18. The number of benzene rings is 1. The second-order valence-corrected chi connectivity index (χ2v) is 5.75. The quantitative estimate of drug-likeness (QED) is 0.787. The zero-order chi connectivity index (χ0) is 10.9. The van der Waals surface area contributed by atoms with Crippen LogP contribution in [0.4, 0.5) is 0 Å². The summed E-state index contributed by atoms with van der Waals surface area (Å²) in [6.45, 7) is 0.752. The maximum absolute atomic E-state index is 12.0. The molecule has 0 spiro atoms. The topological polar surface area (TPSA) is 66.4 Å². The summed E-state index contributed by atoms with van der Waals surface area (Å²) >= 11 is 0. The van der Waals surface area contributed by atoms with Crippen molar-refractivity contribution in [3.05, 3.63) is 24.3 Å². The summed E-state index contributed by atoms with van der Waals surface area (Å²) in [6.07, 6.45) is 1.55. The van der Waals surface area contributed by atoms with E-state index in [0.717, 1.165) is 13.0 Å². The normalized spacial score (nSPS) is 21.7. The van der Waals surface area contributed by atoms with Crippen molar-refractivity contribution in [2.75, 3.05) is 6.54 Å². The van der Waals surface area contributed by atoms with Crippen molar-refractivity contribution < 1.29 is 13.5 Å². The monoisotopic (exact) mass is 227 g/mol. The molecule has 82 valence electrons. The Hall–Kier alpha value is -1.07. The first-order valence-corrected chi connectivity index (χ1v) is 6.41. The lowest BCUT2D eigenvalue weighted by Gasteiger charge is -2.11. The lowest BCUT2D eigenvalue weighted by Crippen LogP contribution is -2.30. The fraction of sp³-hybridized carbons (Fsp3) is 0.400. The second-order valence-electron chi connectivity index (χ2n) is 3.62. The number of nitrogens with one attached hydrogen (secondary N) is 1. The van der Waals surface area contributed by atoms with Crippen molar-refractivity contribution in [2.45, 2.75) is 23.1 Å². The Morgan fingerprint density at radius 2 is 1.93 bits per heavy atom. The van der Waals surface area contributed by atoms with Crippen LogP contribution < -0.4 is 5.32 Å². The van der Waals surface area contributed by atoms with Crippen LogP contribution in [-0.2, 0) is 9.84 Å². The van der Waals surface area contributed by atoms with Crippen LogP contribution in [-0.4, -0.2) is 25.4 Å². The van der Waals surface area contributed by atoms with Gasteiger partial charge in [0.25, 0.3) is 0 Å². The molecule has 1 aromatic rings. The van der Waals surface area contributed by atoms with Gasteiger partial charge in [-0.15, -0.1) is 0 Å². The molecular formula is C10H13NO3S. The molecule has 1 unspecified atom stereocenters. The number of hydrogen-bond donors (Lipinski definition) is 2. The maximum atomic E-state index is 12.0. The Kier molecular flexibility index (Phi) is 2.67. The molecule has 0 bridgehead atoms. The van der Waals surface area contributed by atoms with E-state index in [2.05, 4.69) is 5.32 Å². The first-order chi connectivity index (χ1) is 7.10. The van der Waals surface area contributed by atoms with Crippen LogP contribution >= 0.6 is 0 Å². The molecule has 1 aliphatic heterocycles. The third kappa shape index (κ3) is 1.98. The summed E-state index contributed by atoms with van der Waals surface area (Å²) in [5.41, 5.74) is 0. The number of aromatic hydroxyl groups is 1. The maximum Gasteiger partial charge on any atom is 0.194 e. The molecule has 1 saturated heterocycles. The Morgan fingerprint density at radius 3 is 2.47 bits per heavy atom. The van der Waals surface area contributed by atoms with Crippen LogP contribution in [0.15, 0.2) is 29.2 Å². The van der Waals surface area contributed by atoms with E-state index < -0.39 is 15.2 Å². The first-order valence-electron chi connectivity index (χ1n) is 4.87. The van der Waals surface area contributed by atoms with E-state index in [9.17, 15) is 8.42 Å². The van der Waals surface area contributed by atoms with E-state index in [1.165, 1.54) is 24.3 Å². The van der Waals surface area contributed by atoms with Gasteiger partial charge in [0.1, 0.15) is 11.1 Å². The largest absolute Gasteiger partial charge is 0.508 e. The SMILES string of the molecule is O=S(=O)(c1ccc(O)cc1)C1CCCN1. The average molecular weight is 227 g/mol. The van der Waals surface area contributed by atoms with Crippen LogP contribution in [0.5, 0.6) is 5.75 Å².